The highest BCUT2D eigenvalue weighted by Gasteiger charge is 2.25. The van der Waals surface area contributed by atoms with Crippen LogP contribution in [0.25, 0.3) is 55.6 Å². The summed E-state index contributed by atoms with van der Waals surface area (Å²) >= 11 is 0. The van der Waals surface area contributed by atoms with E-state index >= 15 is 0 Å². The fourth-order valence-corrected chi connectivity index (χ4v) is 8.14. The molecular formula is C58H48N2. The first-order chi connectivity index (χ1) is 29.4. The smallest absolute Gasteiger partial charge is 0.0618 e. The molecule has 2 nitrogen and oxygen atoms in total. The SMILES string of the molecule is CC(C)(C)c1cc(Nc2c(-c3ccccc3)cccc2-c2ccccc2)cc(N(c2cccc(-c3ccccc3)c2)c2c(-c3ccccc3)cccc2-c2ccccc2)c1. The number of hydrogen-bond acceptors (Lipinski definition) is 2. The van der Waals surface area contributed by atoms with Crippen LogP contribution < -0.4 is 10.2 Å². The molecular weight excluding hydrogens is 725 g/mol. The van der Waals surface area contributed by atoms with Crippen LogP contribution in [0.5, 0.6) is 0 Å². The van der Waals surface area contributed by atoms with Gasteiger partial charge in [-0.25, -0.2) is 0 Å². The van der Waals surface area contributed by atoms with Gasteiger partial charge in [-0.05, 0) is 74.7 Å². The van der Waals surface area contributed by atoms with Crippen LogP contribution in [0.2, 0.25) is 0 Å². The maximum absolute atomic E-state index is 4.05. The first-order valence-corrected chi connectivity index (χ1v) is 20.8. The van der Waals surface area contributed by atoms with Crippen LogP contribution in [0.1, 0.15) is 26.3 Å². The average molecular weight is 773 g/mol. The molecule has 9 aromatic carbocycles. The standard InChI is InChI=1S/C58H48N2/c1-58(2,3)48-39-49(59-56-52(43-24-11-5-12-25-43)34-20-35-53(56)44-26-13-6-14-27-44)41-51(40-48)60(50-33-19-32-47(38-50)42-22-9-4-10-23-42)57-54(45-28-15-7-16-29-45)36-21-37-55(57)46-30-17-8-18-31-46/h4-41,59H,1-3H3. The number of benzene rings is 9. The van der Waals surface area contributed by atoms with Gasteiger partial charge in [0.15, 0.2) is 0 Å². The summed E-state index contributed by atoms with van der Waals surface area (Å²) in [6.07, 6.45) is 0. The van der Waals surface area contributed by atoms with Crippen molar-refractivity contribution in [1.82, 2.24) is 0 Å². The van der Waals surface area contributed by atoms with Gasteiger partial charge in [0, 0.05) is 39.3 Å². The Hall–Kier alpha value is -7.42. The molecule has 0 saturated carbocycles. The molecule has 1 N–H and O–H groups in total. The molecule has 0 aromatic heterocycles. The molecule has 0 aliphatic rings. The molecule has 0 atom stereocenters. The van der Waals surface area contributed by atoms with Crippen molar-refractivity contribution in [2.75, 3.05) is 10.2 Å². The van der Waals surface area contributed by atoms with Crippen molar-refractivity contribution in [3.8, 4) is 55.6 Å². The van der Waals surface area contributed by atoms with E-state index in [2.05, 4.69) is 262 Å². The first-order valence-electron chi connectivity index (χ1n) is 20.8. The van der Waals surface area contributed by atoms with Gasteiger partial charge in [0.05, 0.1) is 11.4 Å². The van der Waals surface area contributed by atoms with Gasteiger partial charge in [0.1, 0.15) is 0 Å². The third-order valence-corrected chi connectivity index (χ3v) is 11.2. The van der Waals surface area contributed by atoms with Gasteiger partial charge in [-0.1, -0.05) is 221 Å². The van der Waals surface area contributed by atoms with E-state index in [4.69, 9.17) is 0 Å². The summed E-state index contributed by atoms with van der Waals surface area (Å²) in [6, 6.07) is 83.0. The third-order valence-electron chi connectivity index (χ3n) is 11.2. The number of hydrogen-bond donors (Lipinski definition) is 1. The van der Waals surface area contributed by atoms with E-state index in [1.54, 1.807) is 0 Å². The Morgan fingerprint density at radius 1 is 0.333 bits per heavy atom. The van der Waals surface area contributed by atoms with Crippen molar-refractivity contribution in [2.24, 2.45) is 0 Å². The van der Waals surface area contributed by atoms with Crippen molar-refractivity contribution in [3.63, 3.8) is 0 Å². The fourth-order valence-electron chi connectivity index (χ4n) is 8.14. The van der Waals surface area contributed by atoms with Crippen LogP contribution in [0.15, 0.2) is 231 Å². The molecule has 0 unspecified atom stereocenters. The second-order valence-corrected chi connectivity index (χ2v) is 16.3. The monoisotopic (exact) mass is 772 g/mol. The Morgan fingerprint density at radius 3 is 1.20 bits per heavy atom. The van der Waals surface area contributed by atoms with Crippen LogP contribution in [0, 0.1) is 0 Å². The summed E-state index contributed by atoms with van der Waals surface area (Å²) in [7, 11) is 0. The molecule has 0 bridgehead atoms. The first kappa shape index (κ1) is 38.1. The van der Waals surface area contributed by atoms with Gasteiger partial charge in [-0.2, -0.15) is 0 Å². The molecule has 0 fully saturated rings. The van der Waals surface area contributed by atoms with Gasteiger partial charge >= 0.3 is 0 Å². The Kier molecular flexibility index (Phi) is 10.7. The normalized spacial score (nSPS) is 11.2. The minimum Gasteiger partial charge on any atom is -0.354 e. The topological polar surface area (TPSA) is 15.3 Å². The van der Waals surface area contributed by atoms with Gasteiger partial charge < -0.3 is 10.2 Å². The Morgan fingerprint density at radius 2 is 0.733 bits per heavy atom. The lowest BCUT2D eigenvalue weighted by Crippen LogP contribution is -2.16. The van der Waals surface area contributed by atoms with Crippen molar-refractivity contribution in [1.29, 1.82) is 0 Å². The predicted octanol–water partition coefficient (Wildman–Crippen LogP) is 16.5. The molecule has 9 aromatic rings. The Balaban J connectivity index is 1.33. The van der Waals surface area contributed by atoms with Crippen molar-refractivity contribution in [3.05, 3.63) is 236 Å². The van der Waals surface area contributed by atoms with Crippen molar-refractivity contribution < 1.29 is 0 Å². The average Bonchev–Trinajstić information content (AvgIpc) is 3.30. The summed E-state index contributed by atoms with van der Waals surface area (Å²) < 4.78 is 0. The lowest BCUT2D eigenvalue weighted by Gasteiger charge is -2.33. The van der Waals surface area contributed by atoms with E-state index in [0.29, 0.717) is 0 Å². The summed E-state index contributed by atoms with van der Waals surface area (Å²) in [5.41, 5.74) is 18.0. The minimum atomic E-state index is -0.160. The zero-order chi connectivity index (χ0) is 40.9. The molecule has 0 radical (unpaired) electrons. The maximum Gasteiger partial charge on any atom is 0.0618 e. The molecule has 2 heteroatoms. The summed E-state index contributed by atoms with van der Waals surface area (Å²) in [6.45, 7) is 6.91. The summed E-state index contributed by atoms with van der Waals surface area (Å²) in [4.78, 5) is 2.48. The summed E-state index contributed by atoms with van der Waals surface area (Å²) in [5, 5.41) is 4.05. The molecule has 0 aliphatic carbocycles. The predicted molar refractivity (Wildman–Crippen MR) is 257 cm³/mol. The van der Waals surface area contributed by atoms with E-state index in [0.717, 1.165) is 78.5 Å². The van der Waals surface area contributed by atoms with Crippen LogP contribution >= 0.6 is 0 Å². The van der Waals surface area contributed by atoms with E-state index in [9.17, 15) is 0 Å². The lowest BCUT2D eigenvalue weighted by molar-refractivity contribution is 0.590. The molecule has 0 spiro atoms. The third kappa shape index (κ3) is 8.01. The van der Waals surface area contributed by atoms with Gasteiger partial charge in [0.2, 0.25) is 0 Å². The van der Waals surface area contributed by atoms with Crippen molar-refractivity contribution in [2.45, 2.75) is 26.2 Å². The highest BCUT2D eigenvalue weighted by Crippen LogP contribution is 2.49. The highest BCUT2D eigenvalue weighted by molar-refractivity contribution is 5.99. The molecule has 290 valence electrons. The molecule has 60 heavy (non-hydrogen) atoms. The second-order valence-electron chi connectivity index (χ2n) is 16.3. The van der Waals surface area contributed by atoms with E-state index < -0.39 is 0 Å². The quantitative estimate of drug-likeness (QED) is 0.149. The van der Waals surface area contributed by atoms with E-state index in [1.165, 1.54) is 11.1 Å². The largest absolute Gasteiger partial charge is 0.354 e. The van der Waals surface area contributed by atoms with Crippen LogP contribution in [-0.2, 0) is 5.41 Å². The fraction of sp³-hybridized carbons (Fsp3) is 0.0690. The van der Waals surface area contributed by atoms with E-state index in [1.807, 2.05) is 0 Å². The number of rotatable bonds is 10. The lowest BCUT2D eigenvalue weighted by atomic mass is 9.86. The number of anilines is 5. The Bertz CT molecular complexity index is 2730. The van der Waals surface area contributed by atoms with Crippen molar-refractivity contribution >= 4 is 28.4 Å². The zero-order valence-corrected chi connectivity index (χ0v) is 34.4. The molecule has 0 amide bonds. The highest BCUT2D eigenvalue weighted by atomic mass is 15.1. The second kappa shape index (κ2) is 16.8. The zero-order valence-electron chi connectivity index (χ0n) is 34.4. The van der Waals surface area contributed by atoms with Crippen LogP contribution in [0.3, 0.4) is 0 Å². The van der Waals surface area contributed by atoms with Gasteiger partial charge in [-0.15, -0.1) is 0 Å². The Labute approximate surface area is 355 Å². The molecule has 0 heterocycles. The number of nitrogens with zero attached hydrogens (tertiary/aromatic N) is 1. The van der Waals surface area contributed by atoms with Crippen LogP contribution in [-0.4, -0.2) is 0 Å². The molecule has 0 saturated heterocycles. The maximum atomic E-state index is 4.05. The van der Waals surface area contributed by atoms with Crippen LogP contribution in [0.4, 0.5) is 28.4 Å². The minimum absolute atomic E-state index is 0.160. The van der Waals surface area contributed by atoms with Gasteiger partial charge in [-0.3, -0.25) is 0 Å². The molecule has 0 aliphatic heterocycles. The number of para-hydroxylation sites is 2. The number of nitrogens with one attached hydrogen (secondary N) is 1. The van der Waals surface area contributed by atoms with Gasteiger partial charge in [0.25, 0.3) is 0 Å². The van der Waals surface area contributed by atoms with E-state index in [-0.39, 0.29) is 5.41 Å². The molecule has 9 rings (SSSR count). The summed E-state index contributed by atoms with van der Waals surface area (Å²) in [5.74, 6) is 0.